The molecule has 0 aromatic heterocycles. The molecule has 0 spiro atoms. The van der Waals surface area contributed by atoms with Gasteiger partial charge in [0.25, 0.3) is 0 Å². The van der Waals surface area contributed by atoms with Gasteiger partial charge in [-0.15, -0.1) is 0 Å². The van der Waals surface area contributed by atoms with Gasteiger partial charge in [-0.25, -0.2) is 9.59 Å². The highest BCUT2D eigenvalue weighted by atomic mass is 28.4. The van der Waals surface area contributed by atoms with Gasteiger partial charge >= 0.3 is 11.9 Å². The molecule has 0 radical (unpaired) electrons. The summed E-state index contributed by atoms with van der Waals surface area (Å²) < 4.78 is 47.8. The van der Waals surface area contributed by atoms with Crippen LogP contribution >= 0.6 is 0 Å². The highest BCUT2D eigenvalue weighted by molar-refractivity contribution is 6.74. The number of esters is 2. The Bertz CT molecular complexity index is 2400. The molecule has 6 rings (SSSR count). The maximum Gasteiger partial charge on any atom is 0.337 e. The van der Waals surface area contributed by atoms with Crippen LogP contribution in [0.15, 0.2) is 48.5 Å². The van der Waals surface area contributed by atoms with Gasteiger partial charge in [0.15, 0.2) is 36.0 Å². The van der Waals surface area contributed by atoms with Gasteiger partial charge in [-0.3, -0.25) is 9.59 Å². The van der Waals surface area contributed by atoms with Crippen LogP contribution in [0.4, 0.5) is 0 Å². The standard InChI is InChI=1S/C29H49NO6Si2.C27H45NO7Si.C5H10O/c1-20(2)24(35-38(11,12)27(3,4)5)29(26(32)34-8)28(6)23(17-18-37(9,10)36-28)25(31)30(29)19-21-13-15-22(33-7)16-14-21;1-18(2)22(35-36(9,10)25(3,4)5)27(24(31)34-8)26(6,32)21(15-16-29)23(30)28(27)17-19-11-13-20(33-7)14-12-19;1-5-3-2-4-6-5/h13-16,20,23-24H,17-19H2,1-12H3;11-14,18,21-22,29,32H,15-17H2,1-10H3;5H,2-4H2,1H3/t23-,24-,28-,29-;21-,22-,26-,27-;/m00./s1. The number of aliphatic hydroxyl groups excluding tert-OH is 1. The van der Waals surface area contributed by atoms with Gasteiger partial charge in [0.05, 0.1) is 58.6 Å². The normalized spacial score (nSPS) is 27.7. The van der Waals surface area contributed by atoms with E-state index in [0.29, 0.717) is 18.3 Å². The van der Waals surface area contributed by atoms with Crippen molar-refractivity contribution >= 4 is 48.7 Å². The highest BCUT2D eigenvalue weighted by Crippen LogP contribution is 2.58. The number of aliphatic hydroxyl groups is 2. The second-order valence-electron chi connectivity index (χ2n) is 27.2. The zero-order valence-corrected chi connectivity index (χ0v) is 56.2. The molecule has 2 amide bonds. The van der Waals surface area contributed by atoms with Crippen LogP contribution in [0.2, 0.25) is 55.4 Å². The number of likely N-dealkylation sites (tertiary alicyclic amines) is 2. The Morgan fingerprint density at radius 2 is 1.12 bits per heavy atom. The van der Waals surface area contributed by atoms with Crippen LogP contribution in [0.25, 0.3) is 0 Å². The predicted molar refractivity (Wildman–Crippen MR) is 321 cm³/mol. The largest absolute Gasteiger partial charge is 0.497 e. The molecule has 4 heterocycles. The zero-order chi connectivity index (χ0) is 61.0. The van der Waals surface area contributed by atoms with Crippen LogP contribution in [0.3, 0.4) is 0 Å². The van der Waals surface area contributed by atoms with E-state index in [1.165, 1.54) is 38.9 Å². The number of rotatable bonds is 18. The van der Waals surface area contributed by atoms with E-state index in [1.54, 1.807) is 31.3 Å². The summed E-state index contributed by atoms with van der Waals surface area (Å²) in [5.74, 6) is -2.07. The number of fused-ring (bicyclic) bond motifs is 1. The van der Waals surface area contributed by atoms with Crippen molar-refractivity contribution in [2.45, 2.75) is 225 Å². The van der Waals surface area contributed by atoms with E-state index in [9.17, 15) is 29.4 Å². The number of amides is 2. The number of carbonyl (C=O) groups is 4. The summed E-state index contributed by atoms with van der Waals surface area (Å²) >= 11 is 0. The molecule has 0 aliphatic carbocycles. The van der Waals surface area contributed by atoms with Gasteiger partial charge in [-0.1, -0.05) is 93.5 Å². The average molecular weight is 1170 g/mol. The van der Waals surface area contributed by atoms with Crippen molar-refractivity contribution in [3.8, 4) is 11.5 Å². The summed E-state index contributed by atoms with van der Waals surface area (Å²) in [5.41, 5.74) is -4.58. The van der Waals surface area contributed by atoms with Crippen molar-refractivity contribution in [3.05, 3.63) is 59.7 Å². The number of hydrogen-bond donors (Lipinski definition) is 2. The topological polar surface area (TPSA) is 189 Å². The predicted octanol–water partition coefficient (Wildman–Crippen LogP) is 10.9. The van der Waals surface area contributed by atoms with Crippen molar-refractivity contribution in [2.24, 2.45) is 23.7 Å². The molecular weight excluding hydrogens is 1070 g/mol. The number of ether oxygens (including phenoxy) is 5. The first-order valence-electron chi connectivity index (χ1n) is 28.9. The highest BCUT2D eigenvalue weighted by Gasteiger charge is 2.78. The number of carbonyl (C=O) groups excluding carboxylic acids is 4. The Kier molecular flexibility index (Phi) is 22.4. The molecule has 19 heteroatoms. The molecule has 80 heavy (non-hydrogen) atoms. The molecule has 2 aromatic carbocycles. The molecule has 4 aliphatic rings. The van der Waals surface area contributed by atoms with Gasteiger partial charge in [0.1, 0.15) is 22.7 Å². The Hall–Kier alpha value is -3.67. The smallest absolute Gasteiger partial charge is 0.337 e. The van der Waals surface area contributed by atoms with E-state index in [-0.39, 0.29) is 53.9 Å². The third-order valence-corrected chi connectivity index (χ3v) is 29.8. The van der Waals surface area contributed by atoms with Crippen molar-refractivity contribution < 1.29 is 66.4 Å². The number of benzene rings is 2. The lowest BCUT2D eigenvalue weighted by Gasteiger charge is -2.56. The molecule has 454 valence electrons. The lowest BCUT2D eigenvalue weighted by Crippen LogP contribution is -2.75. The molecule has 1 unspecified atom stereocenters. The minimum atomic E-state index is -2.49. The first-order valence-corrected chi connectivity index (χ1v) is 37.8. The Morgan fingerprint density at radius 3 is 1.46 bits per heavy atom. The van der Waals surface area contributed by atoms with Crippen LogP contribution in [-0.4, -0.2) is 151 Å². The molecule has 4 saturated heterocycles. The summed E-state index contributed by atoms with van der Waals surface area (Å²) in [6, 6.07) is 15.7. The van der Waals surface area contributed by atoms with Crippen molar-refractivity contribution in [2.75, 3.05) is 41.7 Å². The second kappa shape index (κ2) is 26.1. The zero-order valence-electron chi connectivity index (χ0n) is 53.2. The first-order chi connectivity index (χ1) is 36.8. The van der Waals surface area contributed by atoms with Crippen LogP contribution in [0, 0.1) is 23.7 Å². The first kappa shape index (κ1) is 68.8. The van der Waals surface area contributed by atoms with E-state index < -0.39 is 89.1 Å². The second-order valence-corrected chi connectivity index (χ2v) is 41.0. The maximum absolute atomic E-state index is 14.4. The van der Waals surface area contributed by atoms with Crippen LogP contribution in [-0.2, 0) is 59.8 Å². The number of methoxy groups -OCH3 is 4. The van der Waals surface area contributed by atoms with E-state index >= 15 is 0 Å². The minimum Gasteiger partial charge on any atom is -0.497 e. The molecular formula is C61H104N2O14Si3. The van der Waals surface area contributed by atoms with Crippen LogP contribution in [0.5, 0.6) is 11.5 Å². The van der Waals surface area contributed by atoms with E-state index in [2.05, 4.69) is 102 Å². The van der Waals surface area contributed by atoms with Gasteiger partial charge in [0, 0.05) is 26.3 Å². The molecule has 4 fully saturated rings. The summed E-state index contributed by atoms with van der Waals surface area (Å²) in [5, 5.41) is 21.7. The third-order valence-electron chi connectivity index (χ3n) is 18.4. The van der Waals surface area contributed by atoms with Gasteiger partial charge in [-0.2, -0.15) is 0 Å². The summed E-state index contributed by atoms with van der Waals surface area (Å²) in [7, 11) is -1.19. The van der Waals surface area contributed by atoms with Gasteiger partial charge < -0.3 is 57.0 Å². The molecule has 0 bridgehead atoms. The van der Waals surface area contributed by atoms with Crippen LogP contribution in [0.1, 0.15) is 127 Å². The minimum absolute atomic E-state index is 0.00853. The van der Waals surface area contributed by atoms with Crippen molar-refractivity contribution in [3.63, 3.8) is 0 Å². The summed E-state index contributed by atoms with van der Waals surface area (Å²) in [4.78, 5) is 59.8. The fourth-order valence-electron chi connectivity index (χ4n) is 11.9. The van der Waals surface area contributed by atoms with Gasteiger partial charge in [-0.05, 0) is 149 Å². The summed E-state index contributed by atoms with van der Waals surface area (Å²) in [6.07, 6.45) is 2.31. The van der Waals surface area contributed by atoms with Crippen molar-refractivity contribution in [1.29, 1.82) is 0 Å². The molecule has 9 atom stereocenters. The molecule has 4 aliphatic heterocycles. The third kappa shape index (κ3) is 13.5. The van der Waals surface area contributed by atoms with E-state index in [4.69, 9.17) is 37.0 Å². The molecule has 0 saturated carbocycles. The Labute approximate surface area is 484 Å². The Balaban J connectivity index is 0.000000311. The molecule has 16 nitrogen and oxygen atoms in total. The van der Waals surface area contributed by atoms with Crippen molar-refractivity contribution in [1.82, 2.24) is 9.80 Å². The monoisotopic (exact) mass is 1170 g/mol. The number of hydrogen-bond acceptors (Lipinski definition) is 14. The lowest BCUT2D eigenvalue weighted by atomic mass is 9.69. The summed E-state index contributed by atoms with van der Waals surface area (Å²) in [6.45, 7) is 40.3. The fraction of sp³-hybridized carbons (Fsp3) is 0.738. The molecule has 2 N–H and O–H groups in total. The maximum atomic E-state index is 14.4. The quantitative estimate of drug-likeness (QED) is 0.106. The SMILES string of the molecule is CC1CCCO1.COC(=O)[C@]1([C@@H](O[Si](C)(C)C(C)(C)C)C(C)C)N(Cc2ccc(OC)cc2)C(=O)[C@@H]2CC[Si](C)(C)O[C@@]21C.COC(=O)[C@]1([C@@H](O[Si](C)(C)C(C)(C)C)C(C)C)N(Cc2ccc(OC)cc2)C(=O)[C@H](CCO)[C@]1(C)O. The van der Waals surface area contributed by atoms with E-state index in [1.807, 2.05) is 57.2 Å². The van der Waals surface area contributed by atoms with Crippen LogP contribution < -0.4 is 9.47 Å². The lowest BCUT2D eigenvalue weighted by molar-refractivity contribution is -0.189. The molecule has 2 aromatic rings. The fourth-order valence-corrected chi connectivity index (χ4v) is 17.3. The Morgan fingerprint density at radius 1 is 0.713 bits per heavy atom. The average Bonchev–Trinajstić information content (AvgIpc) is 3.96. The van der Waals surface area contributed by atoms with E-state index in [0.717, 1.165) is 29.5 Å². The number of nitrogens with zero attached hydrogens (tertiary/aromatic N) is 2. The van der Waals surface area contributed by atoms with Gasteiger partial charge in [0.2, 0.25) is 11.8 Å².